The van der Waals surface area contributed by atoms with E-state index in [1.54, 1.807) is 4.68 Å². The topological polar surface area (TPSA) is 78.0 Å². The van der Waals surface area contributed by atoms with Gasteiger partial charge in [-0.25, -0.2) is 13.1 Å². The van der Waals surface area contributed by atoms with Gasteiger partial charge in [0.15, 0.2) is 9.84 Å². The third-order valence-electron chi connectivity index (χ3n) is 2.76. The lowest BCUT2D eigenvalue weighted by molar-refractivity contribution is 0.359. The molecule has 5 nitrogen and oxygen atoms in total. The van der Waals surface area contributed by atoms with Gasteiger partial charge in [-0.05, 0) is 20.8 Å². The van der Waals surface area contributed by atoms with E-state index >= 15 is 0 Å². The molecule has 0 amide bonds. The molecule has 6 heteroatoms. The van der Waals surface area contributed by atoms with Gasteiger partial charge in [0.25, 0.3) is 0 Å². The van der Waals surface area contributed by atoms with E-state index in [9.17, 15) is 8.42 Å². The minimum atomic E-state index is -2.98. The number of nitrogens with two attached hydrogens (primary N) is 1. The molecule has 0 atom stereocenters. The molecule has 0 fully saturated rings. The molecule has 16 heavy (non-hydrogen) atoms. The monoisotopic (exact) mass is 243 g/mol. The summed E-state index contributed by atoms with van der Waals surface area (Å²) in [4.78, 5) is 0. The molecule has 1 aliphatic rings. The van der Waals surface area contributed by atoms with E-state index < -0.39 is 9.84 Å². The smallest absolute Gasteiger partial charge is 0.155 e. The highest BCUT2D eigenvalue weighted by Crippen LogP contribution is 2.29. The first-order chi connectivity index (χ1) is 7.21. The summed E-state index contributed by atoms with van der Waals surface area (Å²) in [6, 6.07) is 0. The summed E-state index contributed by atoms with van der Waals surface area (Å²) in [5, 5.41) is 4.41. The minimum absolute atomic E-state index is 0.0320. The predicted octanol–water partition coefficient (Wildman–Crippen LogP) is 0.691. The molecule has 2 rings (SSSR count). The fourth-order valence-electron chi connectivity index (χ4n) is 1.92. The van der Waals surface area contributed by atoms with Gasteiger partial charge in [-0.3, -0.25) is 0 Å². The van der Waals surface area contributed by atoms with Gasteiger partial charge in [0.2, 0.25) is 0 Å². The van der Waals surface area contributed by atoms with Crippen molar-refractivity contribution in [3.05, 3.63) is 11.3 Å². The fraction of sp³-hybridized carbons (Fsp3) is 0.700. The zero-order valence-electron chi connectivity index (χ0n) is 9.82. The SMILES string of the molecule is CC(C)(C)n1nc2c(c1N)CS(=O)(=O)CC2. The Kier molecular flexibility index (Phi) is 2.31. The van der Waals surface area contributed by atoms with Crippen molar-refractivity contribution in [1.29, 1.82) is 0 Å². The van der Waals surface area contributed by atoms with Gasteiger partial charge >= 0.3 is 0 Å². The zero-order chi connectivity index (χ0) is 12.1. The van der Waals surface area contributed by atoms with Gasteiger partial charge < -0.3 is 5.73 Å². The molecule has 0 aromatic carbocycles. The lowest BCUT2D eigenvalue weighted by atomic mass is 10.1. The molecule has 0 aliphatic carbocycles. The average molecular weight is 243 g/mol. The molecule has 1 aromatic rings. The predicted molar refractivity (Wildman–Crippen MR) is 62.8 cm³/mol. The van der Waals surface area contributed by atoms with Crippen LogP contribution in [-0.2, 0) is 27.5 Å². The van der Waals surface area contributed by atoms with Crippen LogP contribution in [0.25, 0.3) is 0 Å². The number of sulfone groups is 1. The molecule has 0 bridgehead atoms. The van der Waals surface area contributed by atoms with E-state index in [1.807, 2.05) is 20.8 Å². The molecule has 0 saturated carbocycles. The van der Waals surface area contributed by atoms with E-state index in [2.05, 4.69) is 5.10 Å². The third-order valence-corrected chi connectivity index (χ3v) is 4.31. The number of aromatic nitrogens is 2. The van der Waals surface area contributed by atoms with Crippen LogP contribution in [0.15, 0.2) is 0 Å². The Hall–Kier alpha value is -1.04. The Balaban J connectivity index is 2.55. The van der Waals surface area contributed by atoms with E-state index in [0.29, 0.717) is 17.8 Å². The van der Waals surface area contributed by atoms with Crippen LogP contribution in [-0.4, -0.2) is 24.0 Å². The highest BCUT2D eigenvalue weighted by molar-refractivity contribution is 7.90. The number of nitrogens with zero attached hydrogens (tertiary/aromatic N) is 2. The van der Waals surface area contributed by atoms with Gasteiger partial charge in [-0.15, -0.1) is 0 Å². The Morgan fingerprint density at radius 3 is 2.56 bits per heavy atom. The third kappa shape index (κ3) is 1.81. The molecule has 0 radical (unpaired) electrons. The Bertz CT molecular complexity index is 523. The van der Waals surface area contributed by atoms with Crippen molar-refractivity contribution in [2.45, 2.75) is 38.5 Å². The van der Waals surface area contributed by atoms with Crippen molar-refractivity contribution < 1.29 is 8.42 Å². The normalized spacial score (nSPS) is 19.4. The maximum atomic E-state index is 11.5. The number of aryl methyl sites for hydroxylation is 1. The number of rotatable bonds is 0. The summed E-state index contributed by atoms with van der Waals surface area (Å²) in [6.45, 7) is 5.99. The molecular weight excluding hydrogens is 226 g/mol. The number of nitrogen functional groups attached to an aromatic ring is 1. The summed E-state index contributed by atoms with van der Waals surface area (Å²) in [5.74, 6) is 0.705. The van der Waals surface area contributed by atoms with Crippen molar-refractivity contribution in [1.82, 2.24) is 9.78 Å². The van der Waals surface area contributed by atoms with Crippen molar-refractivity contribution in [2.24, 2.45) is 0 Å². The number of hydrogen-bond donors (Lipinski definition) is 1. The molecule has 0 saturated heterocycles. The first-order valence-corrected chi connectivity index (χ1v) is 7.10. The molecule has 90 valence electrons. The quantitative estimate of drug-likeness (QED) is 0.727. The molecule has 1 aromatic heterocycles. The van der Waals surface area contributed by atoms with Crippen LogP contribution in [0.3, 0.4) is 0 Å². The molecule has 2 N–H and O–H groups in total. The Morgan fingerprint density at radius 1 is 1.38 bits per heavy atom. The largest absolute Gasteiger partial charge is 0.384 e. The van der Waals surface area contributed by atoms with E-state index in [-0.39, 0.29) is 17.0 Å². The van der Waals surface area contributed by atoms with Crippen molar-refractivity contribution in [3.8, 4) is 0 Å². The summed E-state index contributed by atoms with van der Waals surface area (Å²) < 4.78 is 24.8. The number of fused-ring (bicyclic) bond motifs is 1. The summed E-state index contributed by atoms with van der Waals surface area (Å²) in [7, 11) is -2.98. The van der Waals surface area contributed by atoms with E-state index in [0.717, 1.165) is 5.69 Å². The van der Waals surface area contributed by atoms with Crippen molar-refractivity contribution >= 4 is 15.7 Å². The first-order valence-electron chi connectivity index (χ1n) is 5.28. The lowest BCUT2D eigenvalue weighted by Crippen LogP contribution is -2.25. The lowest BCUT2D eigenvalue weighted by Gasteiger charge is -2.20. The van der Waals surface area contributed by atoms with Crippen molar-refractivity contribution in [2.75, 3.05) is 11.5 Å². The van der Waals surface area contributed by atoms with Crippen LogP contribution in [0.4, 0.5) is 5.82 Å². The second-order valence-corrected chi connectivity index (χ2v) is 7.42. The Morgan fingerprint density at radius 2 is 2.00 bits per heavy atom. The zero-order valence-corrected chi connectivity index (χ0v) is 10.6. The maximum Gasteiger partial charge on any atom is 0.155 e. The van der Waals surface area contributed by atoms with Gasteiger partial charge in [0, 0.05) is 12.0 Å². The highest BCUT2D eigenvalue weighted by atomic mass is 32.2. The molecule has 0 unspecified atom stereocenters. The van der Waals surface area contributed by atoms with Crippen LogP contribution < -0.4 is 5.73 Å². The average Bonchev–Trinajstić information content (AvgIpc) is 2.41. The summed E-state index contributed by atoms with van der Waals surface area (Å²) in [6.07, 6.45) is 0.477. The maximum absolute atomic E-state index is 11.5. The van der Waals surface area contributed by atoms with E-state index in [4.69, 9.17) is 5.73 Å². The molecule has 2 heterocycles. The van der Waals surface area contributed by atoms with Crippen LogP contribution in [0.5, 0.6) is 0 Å². The number of hydrogen-bond acceptors (Lipinski definition) is 4. The number of anilines is 1. The van der Waals surface area contributed by atoms with Crippen LogP contribution in [0.2, 0.25) is 0 Å². The van der Waals surface area contributed by atoms with Crippen LogP contribution in [0, 0.1) is 0 Å². The van der Waals surface area contributed by atoms with Crippen LogP contribution in [0.1, 0.15) is 32.0 Å². The second kappa shape index (κ2) is 3.23. The van der Waals surface area contributed by atoms with Gasteiger partial charge in [-0.1, -0.05) is 0 Å². The Labute approximate surface area is 95.6 Å². The first kappa shape index (κ1) is 11.4. The second-order valence-electron chi connectivity index (χ2n) is 5.24. The van der Waals surface area contributed by atoms with Crippen molar-refractivity contribution in [3.63, 3.8) is 0 Å². The molecule has 1 aliphatic heterocycles. The highest BCUT2D eigenvalue weighted by Gasteiger charge is 2.30. The summed E-state index contributed by atoms with van der Waals surface area (Å²) in [5.41, 5.74) is 7.28. The molecular formula is C10H17N3O2S. The fourth-order valence-corrected chi connectivity index (χ4v) is 3.33. The van der Waals surface area contributed by atoms with Crippen LogP contribution >= 0.6 is 0 Å². The minimum Gasteiger partial charge on any atom is -0.384 e. The van der Waals surface area contributed by atoms with E-state index in [1.165, 1.54) is 0 Å². The van der Waals surface area contributed by atoms with Gasteiger partial charge in [-0.2, -0.15) is 5.10 Å². The standard InChI is InChI=1S/C10H17N3O2S/c1-10(2,3)13-9(11)7-6-16(14,15)5-4-8(7)12-13/h4-6,11H2,1-3H3. The molecule has 0 spiro atoms. The van der Waals surface area contributed by atoms with Gasteiger partial charge in [0.1, 0.15) is 5.82 Å². The summed E-state index contributed by atoms with van der Waals surface area (Å²) >= 11 is 0. The van der Waals surface area contributed by atoms with Gasteiger partial charge in [0.05, 0.1) is 22.7 Å².